The molecule has 17 heavy (non-hydrogen) atoms. The van der Waals surface area contributed by atoms with Gasteiger partial charge >= 0.3 is 0 Å². The number of carbonyl (C=O) groups is 1. The van der Waals surface area contributed by atoms with Gasteiger partial charge in [0.2, 0.25) is 5.91 Å². The fourth-order valence-corrected chi connectivity index (χ4v) is 2.79. The second-order valence-corrected chi connectivity index (χ2v) is 5.39. The predicted molar refractivity (Wildman–Crippen MR) is 68.5 cm³/mol. The minimum Gasteiger partial charge on any atom is -0.340 e. The summed E-state index contributed by atoms with van der Waals surface area (Å²) >= 11 is 1.59. The minimum atomic E-state index is -0.0526. The van der Waals surface area contributed by atoms with Gasteiger partial charge in [-0.1, -0.05) is 12.2 Å². The summed E-state index contributed by atoms with van der Waals surface area (Å²) in [5, 5.41) is 0. The van der Waals surface area contributed by atoms with Crippen LogP contribution in [0.4, 0.5) is 0 Å². The highest BCUT2D eigenvalue weighted by Crippen LogP contribution is 2.21. The van der Waals surface area contributed by atoms with Crippen LogP contribution in [-0.4, -0.2) is 28.9 Å². The Bertz CT molecular complexity index is 441. The van der Waals surface area contributed by atoms with E-state index < -0.39 is 0 Å². The Morgan fingerprint density at radius 3 is 2.94 bits per heavy atom. The fourth-order valence-electron chi connectivity index (χ4n) is 1.96. The van der Waals surface area contributed by atoms with Crippen molar-refractivity contribution in [1.29, 1.82) is 0 Å². The normalized spacial score (nSPS) is 23.0. The molecule has 0 radical (unpaired) electrons. The number of nitrogens with two attached hydrogens (primary N) is 1. The van der Waals surface area contributed by atoms with Crippen molar-refractivity contribution in [3.63, 3.8) is 0 Å². The smallest absolute Gasteiger partial charge is 0.229 e. The second-order valence-electron chi connectivity index (χ2n) is 4.45. The number of hydrogen-bond donors (Lipinski definition) is 1. The van der Waals surface area contributed by atoms with Gasteiger partial charge in [0, 0.05) is 18.0 Å². The number of rotatable bonds is 3. The number of nitrogens with zero attached hydrogens (tertiary/aromatic N) is 2. The van der Waals surface area contributed by atoms with Crippen molar-refractivity contribution < 1.29 is 4.79 Å². The molecule has 1 aromatic rings. The number of aromatic nitrogens is 1. The molecule has 0 aromatic carbocycles. The summed E-state index contributed by atoms with van der Waals surface area (Å²) in [7, 11) is 1.83. The Kier molecular flexibility index (Phi) is 3.59. The average molecular weight is 251 g/mol. The van der Waals surface area contributed by atoms with E-state index in [-0.39, 0.29) is 17.9 Å². The van der Waals surface area contributed by atoms with Gasteiger partial charge in [-0.25, -0.2) is 4.98 Å². The highest BCUT2D eigenvalue weighted by Gasteiger charge is 2.25. The van der Waals surface area contributed by atoms with Crippen molar-refractivity contribution in [3.8, 4) is 0 Å². The average Bonchev–Trinajstić information content (AvgIpc) is 2.88. The topological polar surface area (TPSA) is 59.2 Å². The van der Waals surface area contributed by atoms with Gasteiger partial charge in [-0.3, -0.25) is 4.79 Å². The molecule has 2 unspecified atom stereocenters. The van der Waals surface area contributed by atoms with Crippen molar-refractivity contribution in [1.82, 2.24) is 9.88 Å². The molecule has 2 N–H and O–H groups in total. The molecule has 92 valence electrons. The first-order valence-electron chi connectivity index (χ1n) is 5.65. The first-order valence-corrected chi connectivity index (χ1v) is 6.53. The van der Waals surface area contributed by atoms with Crippen LogP contribution in [0.1, 0.15) is 17.0 Å². The van der Waals surface area contributed by atoms with Crippen LogP contribution < -0.4 is 5.73 Å². The highest BCUT2D eigenvalue weighted by atomic mass is 32.1. The number of hydrogen-bond acceptors (Lipinski definition) is 4. The van der Waals surface area contributed by atoms with E-state index in [2.05, 4.69) is 4.98 Å². The van der Waals surface area contributed by atoms with E-state index in [9.17, 15) is 4.79 Å². The van der Waals surface area contributed by atoms with Gasteiger partial charge in [-0.15, -0.1) is 11.3 Å². The summed E-state index contributed by atoms with van der Waals surface area (Å²) in [6, 6.07) is 0.0301. The number of thiazole rings is 1. The first-order chi connectivity index (χ1) is 8.08. The molecule has 0 spiro atoms. The van der Waals surface area contributed by atoms with Crippen molar-refractivity contribution in [3.05, 3.63) is 28.2 Å². The predicted octanol–water partition coefficient (Wildman–Crippen LogP) is 1.31. The maximum Gasteiger partial charge on any atom is 0.229 e. The molecule has 2 rings (SSSR count). The van der Waals surface area contributed by atoms with Crippen LogP contribution >= 0.6 is 11.3 Å². The molecule has 2 atom stereocenters. The molecule has 1 aliphatic rings. The lowest BCUT2D eigenvalue weighted by atomic mass is 10.1. The molecule has 4 nitrogen and oxygen atoms in total. The van der Waals surface area contributed by atoms with Crippen LogP contribution in [0.5, 0.6) is 0 Å². The lowest BCUT2D eigenvalue weighted by Crippen LogP contribution is -2.32. The fraction of sp³-hybridized carbons (Fsp3) is 0.500. The van der Waals surface area contributed by atoms with Gasteiger partial charge < -0.3 is 10.6 Å². The summed E-state index contributed by atoms with van der Waals surface area (Å²) < 4.78 is 0. The van der Waals surface area contributed by atoms with E-state index in [1.54, 1.807) is 16.2 Å². The monoisotopic (exact) mass is 251 g/mol. The molecule has 1 aromatic heterocycles. The van der Waals surface area contributed by atoms with Crippen LogP contribution in [-0.2, 0) is 11.3 Å². The maximum atomic E-state index is 12.1. The lowest BCUT2D eigenvalue weighted by molar-refractivity contribution is -0.133. The molecule has 1 heterocycles. The molecule has 1 amide bonds. The minimum absolute atomic E-state index is 0.0301. The molecule has 5 heteroatoms. The standard InChI is InChI=1S/C12H17N3OS/c1-8-11(17-7-14-8)6-15(2)12(16)9-3-4-10(13)5-9/h3-4,7,9-10H,5-6,13H2,1-2H3. The molecule has 0 saturated heterocycles. The van der Waals surface area contributed by atoms with Crippen molar-refractivity contribution in [2.24, 2.45) is 11.7 Å². The van der Waals surface area contributed by atoms with Crippen LogP contribution in [0, 0.1) is 12.8 Å². The Balaban J connectivity index is 1.96. The summed E-state index contributed by atoms with van der Waals surface area (Å²) in [6.07, 6.45) is 4.56. The van der Waals surface area contributed by atoms with E-state index >= 15 is 0 Å². The molecule has 0 bridgehead atoms. The SMILES string of the molecule is Cc1ncsc1CN(C)C(=O)C1C=CC(N)C1. The summed E-state index contributed by atoms with van der Waals surface area (Å²) in [5.74, 6) is 0.0882. The molecule has 0 fully saturated rings. The Morgan fingerprint density at radius 2 is 2.41 bits per heavy atom. The third-order valence-corrected chi connectivity index (χ3v) is 3.96. The van der Waals surface area contributed by atoms with E-state index in [4.69, 9.17) is 5.73 Å². The van der Waals surface area contributed by atoms with Gasteiger partial charge in [0.05, 0.1) is 23.7 Å². The third kappa shape index (κ3) is 2.73. The van der Waals surface area contributed by atoms with Crippen molar-refractivity contribution in [2.45, 2.75) is 25.9 Å². The van der Waals surface area contributed by atoms with E-state index in [0.29, 0.717) is 6.54 Å². The Morgan fingerprint density at radius 1 is 1.65 bits per heavy atom. The first kappa shape index (κ1) is 12.3. The number of amides is 1. The van der Waals surface area contributed by atoms with Crippen molar-refractivity contribution >= 4 is 17.2 Å². The van der Waals surface area contributed by atoms with Gasteiger partial charge in [0.15, 0.2) is 0 Å². The van der Waals surface area contributed by atoms with E-state index in [1.807, 2.05) is 31.6 Å². The second kappa shape index (κ2) is 4.98. The van der Waals surface area contributed by atoms with E-state index in [1.165, 1.54) is 0 Å². The van der Waals surface area contributed by atoms with Crippen LogP contribution in [0.15, 0.2) is 17.7 Å². The van der Waals surface area contributed by atoms with E-state index in [0.717, 1.165) is 17.0 Å². The number of aryl methyl sites for hydroxylation is 1. The van der Waals surface area contributed by atoms with Crippen LogP contribution in [0.3, 0.4) is 0 Å². The van der Waals surface area contributed by atoms with Gasteiger partial charge in [-0.05, 0) is 13.3 Å². The zero-order valence-corrected chi connectivity index (χ0v) is 10.9. The highest BCUT2D eigenvalue weighted by molar-refractivity contribution is 7.09. The zero-order valence-electron chi connectivity index (χ0n) is 10.1. The largest absolute Gasteiger partial charge is 0.340 e. The summed E-state index contributed by atoms with van der Waals surface area (Å²) in [6.45, 7) is 2.60. The summed E-state index contributed by atoms with van der Waals surface area (Å²) in [5.41, 5.74) is 8.58. The Labute approximate surface area is 105 Å². The third-order valence-electron chi connectivity index (χ3n) is 3.04. The van der Waals surface area contributed by atoms with Gasteiger partial charge in [0.25, 0.3) is 0 Å². The van der Waals surface area contributed by atoms with Crippen LogP contribution in [0.2, 0.25) is 0 Å². The van der Waals surface area contributed by atoms with Crippen LogP contribution in [0.25, 0.3) is 0 Å². The quantitative estimate of drug-likeness (QED) is 0.824. The van der Waals surface area contributed by atoms with Crippen molar-refractivity contribution in [2.75, 3.05) is 7.05 Å². The lowest BCUT2D eigenvalue weighted by Gasteiger charge is -2.20. The Hall–Kier alpha value is -1.20. The molecule has 0 aliphatic heterocycles. The molecular weight excluding hydrogens is 234 g/mol. The molecular formula is C12H17N3OS. The zero-order chi connectivity index (χ0) is 12.4. The van der Waals surface area contributed by atoms with Gasteiger partial charge in [-0.2, -0.15) is 0 Å². The maximum absolute atomic E-state index is 12.1. The number of carbonyl (C=O) groups excluding carboxylic acids is 1. The molecule has 0 saturated carbocycles. The summed E-state index contributed by atoms with van der Waals surface area (Å²) in [4.78, 5) is 19.2. The van der Waals surface area contributed by atoms with Gasteiger partial charge in [0.1, 0.15) is 0 Å². The molecule has 1 aliphatic carbocycles.